The zero-order valence-corrected chi connectivity index (χ0v) is 16.4. The van der Waals surface area contributed by atoms with Gasteiger partial charge < -0.3 is 4.57 Å². The number of fused-ring (bicyclic) bond motifs is 1. The molecule has 1 aliphatic rings. The van der Waals surface area contributed by atoms with Crippen molar-refractivity contribution < 1.29 is 4.39 Å². The molecule has 1 saturated carbocycles. The normalized spacial score (nSPS) is 16.0. The predicted molar refractivity (Wildman–Crippen MR) is 101 cm³/mol. The molecule has 2 nitrogen and oxygen atoms in total. The van der Waals surface area contributed by atoms with Crippen LogP contribution in [-0.2, 0) is 13.1 Å². The molecule has 0 unspecified atom stereocenters. The summed E-state index contributed by atoms with van der Waals surface area (Å²) in [5, 5.41) is 1.76. The van der Waals surface area contributed by atoms with Crippen LogP contribution in [0.1, 0.15) is 45.6 Å². The first-order valence-corrected chi connectivity index (χ1v) is 9.86. The molecular weight excluding hydrogens is 375 g/mol. The number of hydrogen-bond acceptors (Lipinski definition) is 2. The molecule has 3 rings (SSSR count). The highest BCUT2D eigenvalue weighted by molar-refractivity contribution is 9.10. The number of halogens is 2. The van der Waals surface area contributed by atoms with Gasteiger partial charge in [-0.1, -0.05) is 39.1 Å². The Morgan fingerprint density at radius 2 is 2.09 bits per heavy atom. The van der Waals surface area contributed by atoms with Crippen LogP contribution in [0.5, 0.6) is 0 Å². The second-order valence-corrected chi connectivity index (χ2v) is 9.66. The fourth-order valence-electron chi connectivity index (χ4n) is 2.87. The van der Waals surface area contributed by atoms with E-state index in [-0.39, 0.29) is 11.2 Å². The van der Waals surface area contributed by atoms with Crippen LogP contribution >= 0.6 is 27.9 Å². The van der Waals surface area contributed by atoms with Crippen molar-refractivity contribution in [3.05, 3.63) is 34.2 Å². The quantitative estimate of drug-likeness (QED) is 0.633. The van der Waals surface area contributed by atoms with Crippen molar-refractivity contribution >= 4 is 38.8 Å². The Morgan fingerprint density at radius 3 is 2.70 bits per heavy atom. The lowest BCUT2D eigenvalue weighted by Crippen LogP contribution is -2.19. The highest BCUT2D eigenvalue weighted by atomic mass is 79.9. The van der Waals surface area contributed by atoms with Gasteiger partial charge in [0.1, 0.15) is 5.82 Å². The maximum Gasteiger partial charge on any atom is 0.138 e. The van der Waals surface area contributed by atoms with Crippen LogP contribution in [0.15, 0.2) is 22.8 Å². The van der Waals surface area contributed by atoms with Crippen LogP contribution in [0.25, 0.3) is 10.9 Å². The third-order valence-electron chi connectivity index (χ3n) is 4.22. The molecule has 126 valence electrons. The molecule has 0 saturated heterocycles. The van der Waals surface area contributed by atoms with Gasteiger partial charge >= 0.3 is 0 Å². The van der Waals surface area contributed by atoms with E-state index in [0.717, 1.165) is 29.2 Å². The third kappa shape index (κ3) is 4.12. The Labute approximate surface area is 150 Å². The summed E-state index contributed by atoms with van der Waals surface area (Å²) in [5.74, 6) is -0.195. The molecule has 5 heteroatoms. The summed E-state index contributed by atoms with van der Waals surface area (Å²) in [7, 11) is 0. The fraction of sp³-hybridized carbons (Fsp3) is 0.556. The highest BCUT2D eigenvalue weighted by Gasteiger charge is 2.19. The van der Waals surface area contributed by atoms with Crippen molar-refractivity contribution in [1.29, 1.82) is 0 Å². The van der Waals surface area contributed by atoms with Gasteiger partial charge in [0.15, 0.2) is 0 Å². The van der Waals surface area contributed by atoms with Gasteiger partial charge in [0, 0.05) is 35.4 Å². The maximum atomic E-state index is 14.0. The van der Waals surface area contributed by atoms with Crippen molar-refractivity contribution in [2.45, 2.75) is 58.4 Å². The lowest BCUT2D eigenvalue weighted by atomic mass is 9.97. The predicted octanol–water partition coefficient (Wildman–Crippen LogP) is 5.88. The number of aromatic nitrogens is 1. The van der Waals surface area contributed by atoms with Crippen LogP contribution in [0.3, 0.4) is 0 Å². The van der Waals surface area contributed by atoms with Crippen LogP contribution in [0, 0.1) is 11.2 Å². The van der Waals surface area contributed by atoms with Gasteiger partial charge in [0.05, 0.1) is 4.47 Å². The largest absolute Gasteiger partial charge is 0.347 e. The van der Waals surface area contributed by atoms with Crippen molar-refractivity contribution in [3.63, 3.8) is 0 Å². The number of rotatable bonds is 5. The van der Waals surface area contributed by atoms with E-state index in [1.165, 1.54) is 24.8 Å². The Balaban J connectivity index is 1.87. The summed E-state index contributed by atoms with van der Waals surface area (Å²) < 4.78 is 20.3. The molecule has 0 atom stereocenters. The van der Waals surface area contributed by atoms with Crippen molar-refractivity contribution in [2.75, 3.05) is 0 Å². The summed E-state index contributed by atoms with van der Waals surface area (Å²) >= 11 is 5.15. The standard InChI is InChI=1S/C18H24BrFN2S/c1-18(2,3)11-22-10-12(9-21-23-13-5-4-6-13)14-7-16(20)15(19)8-17(14)22/h7-8,10,13,21H,4-6,9,11H2,1-3H3. The van der Waals surface area contributed by atoms with E-state index in [9.17, 15) is 4.39 Å². The van der Waals surface area contributed by atoms with E-state index >= 15 is 0 Å². The summed E-state index contributed by atoms with van der Waals surface area (Å²) in [6, 6.07) is 3.56. The van der Waals surface area contributed by atoms with Gasteiger partial charge in [-0.15, -0.1) is 0 Å². The van der Waals surface area contributed by atoms with Gasteiger partial charge in [-0.3, -0.25) is 4.72 Å². The molecule has 0 spiro atoms. The van der Waals surface area contributed by atoms with Gasteiger partial charge in [-0.25, -0.2) is 4.39 Å². The number of nitrogens with zero attached hydrogens (tertiary/aromatic N) is 1. The topological polar surface area (TPSA) is 17.0 Å². The number of nitrogens with one attached hydrogen (secondary N) is 1. The summed E-state index contributed by atoms with van der Waals surface area (Å²) in [5.41, 5.74) is 2.44. The first-order valence-electron chi connectivity index (χ1n) is 8.19. The molecule has 2 aromatic rings. The van der Waals surface area contributed by atoms with Gasteiger partial charge in [-0.05, 0) is 51.9 Å². The molecule has 1 aromatic heterocycles. The molecular formula is C18H24BrFN2S. The van der Waals surface area contributed by atoms with Gasteiger partial charge in [-0.2, -0.15) is 0 Å². The summed E-state index contributed by atoms with van der Waals surface area (Å²) in [4.78, 5) is 0. The molecule has 0 aliphatic heterocycles. The Morgan fingerprint density at radius 1 is 1.35 bits per heavy atom. The van der Waals surface area contributed by atoms with Crippen LogP contribution in [-0.4, -0.2) is 9.82 Å². The third-order valence-corrected chi connectivity index (χ3v) is 5.94. The van der Waals surface area contributed by atoms with E-state index in [4.69, 9.17) is 0 Å². The molecule has 1 heterocycles. The maximum absolute atomic E-state index is 14.0. The van der Waals surface area contributed by atoms with E-state index in [2.05, 4.69) is 52.2 Å². The van der Waals surface area contributed by atoms with E-state index < -0.39 is 0 Å². The Bertz CT molecular complexity index is 701. The minimum atomic E-state index is -0.195. The van der Waals surface area contributed by atoms with E-state index in [0.29, 0.717) is 4.47 Å². The second kappa shape index (κ2) is 6.77. The van der Waals surface area contributed by atoms with Crippen molar-refractivity contribution in [1.82, 2.24) is 9.29 Å². The Hall–Kier alpha value is -0.520. The van der Waals surface area contributed by atoms with Gasteiger partial charge in [0.25, 0.3) is 0 Å². The van der Waals surface area contributed by atoms with Crippen LogP contribution < -0.4 is 4.72 Å². The monoisotopic (exact) mass is 398 g/mol. The zero-order chi connectivity index (χ0) is 16.6. The molecule has 1 aliphatic carbocycles. The molecule has 23 heavy (non-hydrogen) atoms. The SMILES string of the molecule is CC(C)(C)Cn1cc(CNSC2CCC2)c2cc(F)c(Br)cc21. The van der Waals surface area contributed by atoms with E-state index in [1.807, 2.05) is 18.0 Å². The molecule has 0 bridgehead atoms. The van der Waals surface area contributed by atoms with Crippen LogP contribution in [0.2, 0.25) is 0 Å². The first kappa shape index (κ1) is 17.3. The minimum Gasteiger partial charge on any atom is -0.347 e. The molecule has 0 amide bonds. The Kier molecular flexibility index (Phi) is 5.09. The van der Waals surface area contributed by atoms with Crippen LogP contribution in [0.4, 0.5) is 4.39 Å². The highest BCUT2D eigenvalue weighted by Crippen LogP contribution is 2.32. The second-order valence-electron chi connectivity index (χ2n) is 7.62. The molecule has 1 fully saturated rings. The van der Waals surface area contributed by atoms with Gasteiger partial charge in [0.2, 0.25) is 0 Å². The molecule has 1 N–H and O–H groups in total. The molecule has 1 aromatic carbocycles. The fourth-order valence-corrected chi connectivity index (χ4v) is 4.24. The van der Waals surface area contributed by atoms with E-state index in [1.54, 1.807) is 6.07 Å². The summed E-state index contributed by atoms with van der Waals surface area (Å²) in [6.45, 7) is 8.36. The average molecular weight is 399 g/mol. The summed E-state index contributed by atoms with van der Waals surface area (Å²) in [6.07, 6.45) is 6.15. The smallest absolute Gasteiger partial charge is 0.138 e. The van der Waals surface area contributed by atoms with Crippen molar-refractivity contribution in [2.24, 2.45) is 5.41 Å². The number of hydrogen-bond donors (Lipinski definition) is 1. The lowest BCUT2D eigenvalue weighted by molar-refractivity contribution is 0.349. The first-order chi connectivity index (χ1) is 10.8. The lowest BCUT2D eigenvalue weighted by Gasteiger charge is -2.24. The molecule has 0 radical (unpaired) electrons. The average Bonchev–Trinajstić information content (AvgIpc) is 2.69. The minimum absolute atomic E-state index is 0.179. The number of benzene rings is 1. The van der Waals surface area contributed by atoms with Crippen molar-refractivity contribution in [3.8, 4) is 0 Å². The zero-order valence-electron chi connectivity index (χ0n) is 14.0.